The summed E-state index contributed by atoms with van der Waals surface area (Å²) in [5.41, 5.74) is 0.0414. The van der Waals surface area contributed by atoms with E-state index in [-0.39, 0.29) is 28.7 Å². The number of rotatable bonds is 8. The van der Waals surface area contributed by atoms with Crippen LogP contribution < -0.4 is 10.6 Å². The molecule has 3 aliphatic carbocycles. The van der Waals surface area contributed by atoms with Gasteiger partial charge in [-0.3, -0.25) is 14.6 Å². The maximum Gasteiger partial charge on any atom is 0.481 e. The smallest absolute Gasteiger partial charge is 0.404 e. The monoisotopic (exact) mass is 521 g/mol. The quantitative estimate of drug-likeness (QED) is 0.459. The molecular weight excluding hydrogens is 481 g/mol. The van der Waals surface area contributed by atoms with Crippen molar-refractivity contribution in [3.8, 4) is 0 Å². The number of aromatic nitrogens is 1. The first-order chi connectivity index (χ1) is 17.9. The van der Waals surface area contributed by atoms with Gasteiger partial charge in [0.25, 0.3) is 5.91 Å². The second kappa shape index (κ2) is 9.92. The third kappa shape index (κ3) is 4.63. The lowest BCUT2D eigenvalue weighted by Crippen LogP contribution is -2.65. The highest BCUT2D eigenvalue weighted by Crippen LogP contribution is 2.65. The summed E-state index contributed by atoms with van der Waals surface area (Å²) in [6.07, 6.45) is 3.20. The fourth-order valence-electron chi connectivity index (χ4n) is 7.00. The third-order valence-electron chi connectivity index (χ3n) is 9.29. The topological polar surface area (TPSA) is 110 Å². The lowest BCUT2D eigenvalue weighted by molar-refractivity contribution is -0.199. The van der Waals surface area contributed by atoms with Crippen molar-refractivity contribution in [2.75, 3.05) is 0 Å². The number of carbonyl (C=O) groups excluding carboxylic acids is 2. The number of aliphatic hydroxyl groups excluding tert-OH is 1. The Morgan fingerprint density at radius 1 is 1.13 bits per heavy atom. The summed E-state index contributed by atoms with van der Waals surface area (Å²) >= 11 is 0. The normalized spacial score (nSPS) is 29.8. The molecule has 7 atom stereocenters. The van der Waals surface area contributed by atoms with Gasteiger partial charge in [-0.15, -0.1) is 0 Å². The number of fused-ring (bicyclic) bond motifs is 1. The molecule has 1 aliphatic heterocycles. The van der Waals surface area contributed by atoms with Gasteiger partial charge in [-0.05, 0) is 67.7 Å². The van der Waals surface area contributed by atoms with Crippen LogP contribution in [-0.2, 0) is 14.1 Å². The van der Waals surface area contributed by atoms with E-state index >= 15 is 0 Å². The molecule has 2 amide bonds. The minimum Gasteiger partial charge on any atom is -0.404 e. The van der Waals surface area contributed by atoms with Crippen molar-refractivity contribution in [1.29, 1.82) is 0 Å². The molecule has 38 heavy (non-hydrogen) atoms. The van der Waals surface area contributed by atoms with E-state index in [1.165, 1.54) is 6.92 Å². The lowest BCUT2D eigenvalue weighted by atomic mass is 9.43. The molecule has 6 rings (SSSR count). The number of aliphatic hydroxyl groups is 1. The molecule has 1 saturated heterocycles. The zero-order chi connectivity index (χ0) is 27.4. The predicted octanol–water partition coefficient (Wildman–Crippen LogP) is 3.51. The Balaban J connectivity index is 1.32. The molecule has 3 saturated carbocycles. The van der Waals surface area contributed by atoms with E-state index in [1.807, 2.05) is 30.3 Å². The van der Waals surface area contributed by atoms with Crippen LogP contribution in [0.25, 0.3) is 10.8 Å². The summed E-state index contributed by atoms with van der Waals surface area (Å²) in [6, 6.07) is 8.09. The number of nitrogens with one attached hydrogen (secondary N) is 2. The average molecular weight is 521 g/mol. The molecule has 2 heterocycles. The van der Waals surface area contributed by atoms with E-state index in [1.54, 1.807) is 6.20 Å². The van der Waals surface area contributed by atoms with E-state index in [2.05, 4.69) is 50.2 Å². The predicted molar refractivity (Wildman–Crippen MR) is 146 cm³/mol. The SMILES string of the molecule is CC(C)C[C@H](NC(=O)[C@@H](NC(=O)c1nccc2ccccc12)[C@@H](C)O)B1O[C@@H]2C[C@H]3C[C@@H](C3(C)C)[C@]2(C)O1. The molecule has 4 aliphatic rings. The largest absolute Gasteiger partial charge is 0.481 e. The fourth-order valence-corrected chi connectivity index (χ4v) is 7.00. The Labute approximate surface area is 225 Å². The van der Waals surface area contributed by atoms with Gasteiger partial charge >= 0.3 is 7.12 Å². The molecule has 0 spiro atoms. The molecule has 1 aromatic carbocycles. The van der Waals surface area contributed by atoms with Crippen LogP contribution in [0.2, 0.25) is 0 Å². The summed E-state index contributed by atoms with van der Waals surface area (Å²) in [7, 11) is -0.586. The van der Waals surface area contributed by atoms with Crippen LogP contribution in [0, 0.1) is 23.2 Å². The highest BCUT2D eigenvalue weighted by molar-refractivity contribution is 6.48. The standard InChI is InChI=1S/C29H40BN3O5/c1-16(2)13-23(30-37-22-15-19-14-21(28(19,4)5)29(22,6)38-30)32-26(35)24(17(3)34)33-27(36)25-20-10-8-7-9-18(20)11-12-31-25/h7-12,16-17,19,21-24,34H,13-15H2,1-6H3,(H,32,35)(H,33,36)/t17-,19-,21+,22-,23+,24+,29+/m1/s1. The highest BCUT2D eigenvalue weighted by atomic mass is 16.7. The van der Waals surface area contributed by atoms with E-state index in [0.29, 0.717) is 23.6 Å². The van der Waals surface area contributed by atoms with E-state index in [0.717, 1.165) is 18.2 Å². The summed E-state index contributed by atoms with van der Waals surface area (Å²) in [4.78, 5) is 31.0. The minimum atomic E-state index is -1.16. The molecular formula is C29H40BN3O5. The van der Waals surface area contributed by atoms with Crippen molar-refractivity contribution in [2.45, 2.75) is 90.6 Å². The van der Waals surface area contributed by atoms with Crippen molar-refractivity contribution in [1.82, 2.24) is 15.6 Å². The minimum absolute atomic E-state index is 0.000500. The molecule has 3 N–H and O–H groups in total. The zero-order valence-electron chi connectivity index (χ0n) is 23.2. The molecule has 1 aromatic heterocycles. The number of benzene rings is 1. The number of hydrogen-bond donors (Lipinski definition) is 3. The van der Waals surface area contributed by atoms with Gasteiger partial charge in [0.1, 0.15) is 11.7 Å². The van der Waals surface area contributed by atoms with Crippen LogP contribution >= 0.6 is 0 Å². The lowest BCUT2D eigenvalue weighted by Gasteiger charge is -2.64. The first kappa shape index (κ1) is 27.1. The van der Waals surface area contributed by atoms with Crippen molar-refractivity contribution in [3.63, 3.8) is 0 Å². The molecule has 0 radical (unpaired) electrons. The van der Waals surface area contributed by atoms with Gasteiger partial charge in [-0.25, -0.2) is 0 Å². The maximum atomic E-state index is 13.5. The van der Waals surface area contributed by atoms with Crippen LogP contribution in [0.4, 0.5) is 0 Å². The van der Waals surface area contributed by atoms with Crippen LogP contribution in [0.1, 0.15) is 71.3 Å². The molecule has 9 heteroatoms. The number of hydrogen-bond acceptors (Lipinski definition) is 6. The third-order valence-corrected chi connectivity index (χ3v) is 9.29. The Bertz CT molecular complexity index is 1210. The van der Waals surface area contributed by atoms with Gasteiger partial charge in [-0.1, -0.05) is 52.0 Å². The summed E-state index contributed by atoms with van der Waals surface area (Å²) in [5.74, 6) is -0.0970. The summed E-state index contributed by atoms with van der Waals surface area (Å²) in [6.45, 7) is 12.5. The Hall–Kier alpha value is -2.49. The van der Waals surface area contributed by atoms with Gasteiger partial charge in [0.15, 0.2) is 0 Å². The van der Waals surface area contributed by atoms with Gasteiger partial charge in [0.2, 0.25) is 5.91 Å². The number of amides is 2. The zero-order valence-corrected chi connectivity index (χ0v) is 23.2. The van der Waals surface area contributed by atoms with Crippen LogP contribution in [0.5, 0.6) is 0 Å². The summed E-state index contributed by atoms with van der Waals surface area (Å²) < 4.78 is 13.1. The first-order valence-corrected chi connectivity index (χ1v) is 13.9. The number of pyridine rings is 1. The highest BCUT2D eigenvalue weighted by Gasteiger charge is 2.68. The van der Waals surface area contributed by atoms with Crippen molar-refractivity contribution < 1.29 is 24.0 Å². The second-order valence-corrected chi connectivity index (χ2v) is 12.7. The van der Waals surface area contributed by atoms with E-state index < -0.39 is 37.0 Å². The first-order valence-electron chi connectivity index (χ1n) is 13.9. The van der Waals surface area contributed by atoms with E-state index in [4.69, 9.17) is 9.31 Å². The Morgan fingerprint density at radius 3 is 2.55 bits per heavy atom. The Morgan fingerprint density at radius 2 is 1.87 bits per heavy atom. The van der Waals surface area contributed by atoms with Gasteiger partial charge in [0.05, 0.1) is 23.8 Å². The maximum absolute atomic E-state index is 13.5. The molecule has 2 aromatic rings. The second-order valence-electron chi connectivity index (χ2n) is 12.7. The fraction of sp³-hybridized carbons (Fsp3) is 0.621. The number of carbonyl (C=O) groups is 2. The van der Waals surface area contributed by atoms with E-state index in [9.17, 15) is 14.7 Å². The molecule has 8 nitrogen and oxygen atoms in total. The van der Waals surface area contributed by atoms with Gasteiger partial charge in [0, 0.05) is 11.6 Å². The molecule has 0 unspecified atom stereocenters. The molecule has 2 bridgehead atoms. The average Bonchev–Trinajstić information content (AvgIpc) is 3.23. The van der Waals surface area contributed by atoms with Crippen molar-refractivity contribution >= 4 is 29.7 Å². The number of nitrogens with zero attached hydrogens (tertiary/aromatic N) is 1. The van der Waals surface area contributed by atoms with Crippen LogP contribution in [-0.4, -0.2) is 58.8 Å². The molecule has 4 fully saturated rings. The van der Waals surface area contributed by atoms with Gasteiger partial charge in [-0.2, -0.15) is 0 Å². The molecule has 204 valence electrons. The van der Waals surface area contributed by atoms with Crippen LogP contribution in [0.3, 0.4) is 0 Å². The summed E-state index contributed by atoms with van der Waals surface area (Å²) in [5, 5.41) is 17.8. The Kier molecular flexibility index (Phi) is 7.07. The van der Waals surface area contributed by atoms with Crippen molar-refractivity contribution in [3.05, 3.63) is 42.2 Å². The van der Waals surface area contributed by atoms with Gasteiger partial charge < -0.3 is 25.0 Å². The van der Waals surface area contributed by atoms with Crippen molar-refractivity contribution in [2.24, 2.45) is 23.2 Å². The van der Waals surface area contributed by atoms with Crippen LogP contribution in [0.15, 0.2) is 36.5 Å².